The molecule has 158 valence electrons. The average molecular weight is 543 g/mol. The number of carbonyl (C=O) groups excluding carboxylic acids is 1. The van der Waals surface area contributed by atoms with Gasteiger partial charge < -0.3 is 20.3 Å². The molecular formula is C19H29Cl2IN4O2. The van der Waals surface area contributed by atoms with Gasteiger partial charge in [0.25, 0.3) is 0 Å². The molecule has 1 fully saturated rings. The molecule has 2 N–H and O–H groups in total. The fourth-order valence-electron chi connectivity index (χ4n) is 2.87. The summed E-state index contributed by atoms with van der Waals surface area (Å²) in [6.45, 7) is 7.40. The number of guanidine groups is 1. The number of benzene rings is 1. The summed E-state index contributed by atoms with van der Waals surface area (Å²) in [6, 6.07) is 5.42. The van der Waals surface area contributed by atoms with Crippen molar-refractivity contribution in [3.63, 3.8) is 0 Å². The minimum atomic E-state index is 0. The fourth-order valence-corrected chi connectivity index (χ4v) is 3.33. The van der Waals surface area contributed by atoms with Crippen LogP contribution in [0.3, 0.4) is 0 Å². The molecule has 1 aliphatic rings. The molecular weight excluding hydrogens is 514 g/mol. The second-order valence-electron chi connectivity index (χ2n) is 6.36. The summed E-state index contributed by atoms with van der Waals surface area (Å²) in [7, 11) is 0. The van der Waals surface area contributed by atoms with Crippen molar-refractivity contribution in [2.75, 3.05) is 32.8 Å². The number of carbonyl (C=O) groups is 1. The minimum Gasteiger partial charge on any atom is -0.492 e. The summed E-state index contributed by atoms with van der Waals surface area (Å²) in [6.07, 6.45) is 2.26. The van der Waals surface area contributed by atoms with E-state index in [-0.39, 0.29) is 35.9 Å². The van der Waals surface area contributed by atoms with E-state index in [0.29, 0.717) is 35.4 Å². The molecule has 1 unspecified atom stereocenters. The van der Waals surface area contributed by atoms with E-state index in [1.54, 1.807) is 18.2 Å². The lowest BCUT2D eigenvalue weighted by Gasteiger charge is -2.18. The lowest BCUT2D eigenvalue weighted by molar-refractivity contribution is -0.129. The molecule has 1 aromatic rings. The highest BCUT2D eigenvalue weighted by Crippen LogP contribution is 2.27. The average Bonchev–Trinajstić information content (AvgIpc) is 3.11. The van der Waals surface area contributed by atoms with Crippen molar-refractivity contribution >= 4 is 59.0 Å². The molecule has 1 amide bonds. The number of halogens is 3. The third-order valence-corrected chi connectivity index (χ3v) is 4.78. The first-order valence-corrected chi connectivity index (χ1v) is 10.2. The molecule has 0 bridgehead atoms. The Morgan fingerprint density at radius 2 is 2.14 bits per heavy atom. The van der Waals surface area contributed by atoms with Gasteiger partial charge in [0.2, 0.25) is 5.91 Å². The van der Waals surface area contributed by atoms with Gasteiger partial charge in [0.05, 0.1) is 11.6 Å². The summed E-state index contributed by atoms with van der Waals surface area (Å²) in [5.74, 6) is 1.61. The minimum absolute atomic E-state index is 0. The monoisotopic (exact) mass is 542 g/mol. The normalized spacial score (nSPS) is 16.5. The molecule has 0 aromatic heterocycles. The first-order chi connectivity index (χ1) is 13.0. The van der Waals surface area contributed by atoms with Gasteiger partial charge in [0.1, 0.15) is 5.75 Å². The van der Waals surface area contributed by atoms with Gasteiger partial charge in [-0.15, -0.1) is 24.0 Å². The lowest BCUT2D eigenvalue weighted by Crippen LogP contribution is -2.45. The van der Waals surface area contributed by atoms with E-state index in [4.69, 9.17) is 27.9 Å². The zero-order chi connectivity index (χ0) is 19.6. The molecule has 0 spiro atoms. The van der Waals surface area contributed by atoms with E-state index < -0.39 is 0 Å². The highest BCUT2D eigenvalue weighted by molar-refractivity contribution is 14.0. The predicted molar refractivity (Wildman–Crippen MR) is 126 cm³/mol. The molecule has 0 aliphatic carbocycles. The quantitative estimate of drug-likeness (QED) is 0.226. The van der Waals surface area contributed by atoms with E-state index >= 15 is 0 Å². The molecule has 1 heterocycles. The van der Waals surface area contributed by atoms with Gasteiger partial charge >= 0.3 is 0 Å². The van der Waals surface area contributed by atoms with Crippen molar-refractivity contribution in [3.05, 3.63) is 28.2 Å². The third kappa shape index (κ3) is 8.21. The maximum absolute atomic E-state index is 11.8. The van der Waals surface area contributed by atoms with Gasteiger partial charge in [-0.1, -0.05) is 30.1 Å². The molecule has 1 aliphatic heterocycles. The number of hydrogen-bond acceptors (Lipinski definition) is 3. The number of rotatable bonds is 8. The van der Waals surface area contributed by atoms with Gasteiger partial charge in [0.15, 0.2) is 5.96 Å². The van der Waals surface area contributed by atoms with E-state index in [0.717, 1.165) is 38.4 Å². The van der Waals surface area contributed by atoms with Crippen LogP contribution in [0, 0.1) is 0 Å². The Bertz CT molecular complexity index is 661. The topological polar surface area (TPSA) is 66.0 Å². The van der Waals surface area contributed by atoms with Crippen molar-refractivity contribution in [1.82, 2.24) is 15.5 Å². The molecule has 6 nitrogen and oxygen atoms in total. The van der Waals surface area contributed by atoms with Gasteiger partial charge in [-0.2, -0.15) is 0 Å². The number of likely N-dealkylation sites (tertiary alicyclic amines) is 1. The van der Waals surface area contributed by atoms with Gasteiger partial charge in [-0.05, 0) is 31.5 Å². The van der Waals surface area contributed by atoms with Crippen LogP contribution in [0.1, 0.15) is 33.1 Å². The Labute approximate surface area is 194 Å². The molecule has 1 saturated heterocycles. The van der Waals surface area contributed by atoms with Crippen LogP contribution in [0.4, 0.5) is 0 Å². The Kier molecular flexibility index (Phi) is 11.9. The Morgan fingerprint density at radius 1 is 1.36 bits per heavy atom. The molecule has 0 radical (unpaired) electrons. The largest absolute Gasteiger partial charge is 0.492 e. The fraction of sp³-hybridized carbons (Fsp3) is 0.579. The smallest absolute Gasteiger partial charge is 0.222 e. The van der Waals surface area contributed by atoms with Crippen molar-refractivity contribution in [3.8, 4) is 5.75 Å². The number of nitrogens with one attached hydrogen (secondary N) is 2. The van der Waals surface area contributed by atoms with Crippen LogP contribution in [0.2, 0.25) is 10.0 Å². The number of hydrogen-bond donors (Lipinski definition) is 2. The van der Waals surface area contributed by atoms with Crippen LogP contribution < -0.4 is 15.4 Å². The third-order valence-electron chi connectivity index (χ3n) is 4.25. The summed E-state index contributed by atoms with van der Waals surface area (Å²) in [4.78, 5) is 18.3. The molecule has 9 heteroatoms. The first kappa shape index (κ1) is 25.1. The van der Waals surface area contributed by atoms with E-state index in [1.165, 1.54) is 0 Å². The van der Waals surface area contributed by atoms with E-state index in [9.17, 15) is 4.79 Å². The van der Waals surface area contributed by atoms with Crippen LogP contribution in [-0.2, 0) is 4.79 Å². The number of amides is 1. The zero-order valence-corrected chi connectivity index (χ0v) is 20.2. The van der Waals surface area contributed by atoms with Crippen molar-refractivity contribution in [1.29, 1.82) is 0 Å². The molecule has 2 rings (SSSR count). The summed E-state index contributed by atoms with van der Waals surface area (Å²) < 4.78 is 5.67. The van der Waals surface area contributed by atoms with E-state index in [2.05, 4.69) is 15.6 Å². The Hall–Kier alpha value is -0.930. The first-order valence-electron chi connectivity index (χ1n) is 9.44. The Balaban J connectivity index is 0.00000392. The van der Waals surface area contributed by atoms with Crippen LogP contribution in [0.25, 0.3) is 0 Å². The second-order valence-corrected chi connectivity index (χ2v) is 7.20. The lowest BCUT2D eigenvalue weighted by atomic mass is 10.3. The van der Waals surface area contributed by atoms with Gasteiger partial charge in [-0.25, -0.2) is 0 Å². The number of nitrogens with zero attached hydrogens (tertiary/aromatic N) is 2. The highest BCUT2D eigenvalue weighted by Gasteiger charge is 2.25. The predicted octanol–water partition coefficient (Wildman–Crippen LogP) is 3.95. The molecule has 28 heavy (non-hydrogen) atoms. The van der Waals surface area contributed by atoms with Crippen LogP contribution in [-0.4, -0.2) is 55.6 Å². The highest BCUT2D eigenvalue weighted by atomic mass is 127. The summed E-state index contributed by atoms with van der Waals surface area (Å²) in [5.41, 5.74) is 0. The second kappa shape index (κ2) is 13.3. The van der Waals surface area contributed by atoms with Crippen LogP contribution >= 0.6 is 47.2 Å². The summed E-state index contributed by atoms with van der Waals surface area (Å²) in [5, 5.41) is 7.76. The number of ether oxygens (including phenoxy) is 1. The van der Waals surface area contributed by atoms with Gasteiger partial charge in [0, 0.05) is 50.1 Å². The molecule has 0 saturated carbocycles. The maximum Gasteiger partial charge on any atom is 0.222 e. The van der Waals surface area contributed by atoms with Crippen LogP contribution in [0.15, 0.2) is 23.2 Å². The SMILES string of the molecule is CCNC(=NCCCOc1ccc(Cl)cc1Cl)NC1CCN(C(=O)CC)C1.I. The van der Waals surface area contributed by atoms with Crippen molar-refractivity contribution in [2.45, 2.75) is 39.2 Å². The van der Waals surface area contributed by atoms with E-state index in [1.807, 2.05) is 18.7 Å². The van der Waals surface area contributed by atoms with Crippen LogP contribution in [0.5, 0.6) is 5.75 Å². The molecule has 1 aromatic carbocycles. The van der Waals surface area contributed by atoms with Crippen molar-refractivity contribution < 1.29 is 9.53 Å². The molecule has 1 atom stereocenters. The van der Waals surface area contributed by atoms with Gasteiger partial charge in [-0.3, -0.25) is 9.79 Å². The zero-order valence-electron chi connectivity index (χ0n) is 16.3. The van der Waals surface area contributed by atoms with Crippen molar-refractivity contribution in [2.24, 2.45) is 4.99 Å². The summed E-state index contributed by atoms with van der Waals surface area (Å²) >= 11 is 12.0. The maximum atomic E-state index is 11.8. The standard InChI is InChI=1S/C19H28Cl2N4O2.HI/c1-3-18(26)25-10-8-15(13-25)24-19(22-4-2)23-9-5-11-27-17-7-6-14(20)12-16(17)21;/h6-7,12,15H,3-5,8-11,13H2,1-2H3,(H2,22,23,24);1H. The number of aliphatic imine (C=N–C) groups is 1. The Morgan fingerprint density at radius 3 is 2.82 bits per heavy atom.